The summed E-state index contributed by atoms with van der Waals surface area (Å²) in [4.78, 5) is 4.30. The van der Waals surface area contributed by atoms with Gasteiger partial charge in [0.05, 0.1) is 6.10 Å². The van der Waals surface area contributed by atoms with E-state index >= 15 is 0 Å². The largest absolute Gasteiger partial charge is 0.392 e. The fourth-order valence-electron chi connectivity index (χ4n) is 2.43. The summed E-state index contributed by atoms with van der Waals surface area (Å²) in [6.07, 6.45) is 3.99. The molecular formula is C17H22N2O. The predicted octanol–water partition coefficient (Wildman–Crippen LogP) is 2.51. The van der Waals surface area contributed by atoms with Gasteiger partial charge in [-0.05, 0) is 37.0 Å². The predicted molar refractivity (Wildman–Crippen MR) is 81.4 cm³/mol. The van der Waals surface area contributed by atoms with E-state index < -0.39 is 6.10 Å². The first kappa shape index (κ1) is 14.7. The van der Waals surface area contributed by atoms with Gasteiger partial charge in [-0.2, -0.15) is 0 Å². The summed E-state index contributed by atoms with van der Waals surface area (Å²) in [5.74, 6) is -0.0769. The van der Waals surface area contributed by atoms with Gasteiger partial charge in [0.15, 0.2) is 0 Å². The zero-order valence-corrected chi connectivity index (χ0v) is 11.7. The quantitative estimate of drug-likeness (QED) is 0.812. The molecule has 0 radical (unpaired) electrons. The third-order valence-electron chi connectivity index (χ3n) is 3.59. The number of nitrogens with two attached hydrogens (primary N) is 1. The Morgan fingerprint density at radius 2 is 1.80 bits per heavy atom. The Hall–Kier alpha value is -1.71. The highest BCUT2D eigenvalue weighted by atomic mass is 16.3. The van der Waals surface area contributed by atoms with E-state index in [-0.39, 0.29) is 5.92 Å². The molecule has 3 heteroatoms. The van der Waals surface area contributed by atoms with Crippen molar-refractivity contribution in [3.05, 3.63) is 66.0 Å². The Morgan fingerprint density at radius 3 is 2.45 bits per heavy atom. The molecule has 2 rings (SSSR count). The third-order valence-corrected chi connectivity index (χ3v) is 3.59. The van der Waals surface area contributed by atoms with Crippen LogP contribution in [0.5, 0.6) is 0 Å². The van der Waals surface area contributed by atoms with Crippen LogP contribution in [0.15, 0.2) is 54.7 Å². The van der Waals surface area contributed by atoms with Gasteiger partial charge in [0, 0.05) is 24.4 Å². The molecule has 3 nitrogen and oxygen atoms in total. The maximum Gasteiger partial charge on any atom is 0.0636 e. The minimum absolute atomic E-state index is 0.0769. The molecule has 2 unspecified atom stereocenters. The van der Waals surface area contributed by atoms with Crippen LogP contribution in [0, 0.1) is 0 Å². The normalized spacial score (nSPS) is 13.9. The molecule has 1 heterocycles. The van der Waals surface area contributed by atoms with Crippen LogP contribution in [0.3, 0.4) is 0 Å². The van der Waals surface area contributed by atoms with E-state index in [1.54, 1.807) is 6.20 Å². The van der Waals surface area contributed by atoms with Gasteiger partial charge in [0.1, 0.15) is 0 Å². The van der Waals surface area contributed by atoms with Gasteiger partial charge in [0.2, 0.25) is 0 Å². The van der Waals surface area contributed by atoms with Gasteiger partial charge < -0.3 is 10.8 Å². The number of aliphatic hydroxyl groups is 1. The summed E-state index contributed by atoms with van der Waals surface area (Å²) < 4.78 is 0. The summed E-state index contributed by atoms with van der Waals surface area (Å²) in [6, 6.07) is 16.1. The summed E-state index contributed by atoms with van der Waals surface area (Å²) >= 11 is 0. The Kier molecular flexibility index (Phi) is 5.71. The molecule has 0 bridgehead atoms. The van der Waals surface area contributed by atoms with Gasteiger partial charge in [-0.15, -0.1) is 0 Å². The molecule has 0 fully saturated rings. The molecule has 0 saturated carbocycles. The Morgan fingerprint density at radius 1 is 1.05 bits per heavy atom. The topological polar surface area (TPSA) is 59.1 Å². The van der Waals surface area contributed by atoms with Crippen molar-refractivity contribution in [2.75, 3.05) is 6.54 Å². The summed E-state index contributed by atoms with van der Waals surface area (Å²) in [6.45, 7) is 0.420. The number of benzene rings is 1. The van der Waals surface area contributed by atoms with Crippen molar-refractivity contribution in [2.45, 2.75) is 31.3 Å². The Bertz CT molecular complexity index is 487. The fraction of sp³-hybridized carbons (Fsp3) is 0.353. The standard InChI is InChI=1S/C17H22N2O/c18-13-15(16-10-4-5-12-19-16)17(20)11-6-9-14-7-2-1-3-8-14/h1-5,7-8,10,12,15,17,20H,6,9,11,13,18H2. The number of aliphatic hydroxyl groups excluding tert-OH is 1. The van der Waals surface area contributed by atoms with Gasteiger partial charge >= 0.3 is 0 Å². The van der Waals surface area contributed by atoms with Crippen molar-refractivity contribution >= 4 is 0 Å². The molecule has 0 saturated heterocycles. The number of hydrogen-bond acceptors (Lipinski definition) is 3. The first-order chi connectivity index (χ1) is 9.81. The van der Waals surface area contributed by atoms with Crippen molar-refractivity contribution in [3.63, 3.8) is 0 Å². The summed E-state index contributed by atoms with van der Waals surface area (Å²) in [5.41, 5.74) is 7.97. The Balaban J connectivity index is 1.85. The fourth-order valence-corrected chi connectivity index (χ4v) is 2.43. The van der Waals surface area contributed by atoms with Crippen LogP contribution < -0.4 is 5.73 Å². The lowest BCUT2D eigenvalue weighted by Crippen LogP contribution is -2.26. The highest BCUT2D eigenvalue weighted by molar-refractivity contribution is 5.15. The van der Waals surface area contributed by atoms with Crippen LogP contribution in [0.25, 0.3) is 0 Å². The van der Waals surface area contributed by atoms with Crippen molar-refractivity contribution in [2.24, 2.45) is 5.73 Å². The number of aryl methyl sites for hydroxylation is 1. The highest BCUT2D eigenvalue weighted by Crippen LogP contribution is 2.20. The van der Waals surface area contributed by atoms with Crippen molar-refractivity contribution in [3.8, 4) is 0 Å². The van der Waals surface area contributed by atoms with E-state index in [0.717, 1.165) is 25.0 Å². The summed E-state index contributed by atoms with van der Waals surface area (Å²) in [7, 11) is 0. The van der Waals surface area contributed by atoms with Gasteiger partial charge in [-0.1, -0.05) is 36.4 Å². The van der Waals surface area contributed by atoms with Gasteiger partial charge in [-0.3, -0.25) is 4.98 Å². The highest BCUT2D eigenvalue weighted by Gasteiger charge is 2.20. The van der Waals surface area contributed by atoms with E-state index in [1.165, 1.54) is 5.56 Å². The lowest BCUT2D eigenvalue weighted by molar-refractivity contribution is 0.132. The molecule has 1 aromatic carbocycles. The zero-order chi connectivity index (χ0) is 14.2. The maximum atomic E-state index is 10.3. The monoisotopic (exact) mass is 270 g/mol. The van der Waals surface area contributed by atoms with Gasteiger partial charge in [-0.25, -0.2) is 0 Å². The molecule has 2 aromatic rings. The lowest BCUT2D eigenvalue weighted by Gasteiger charge is -2.20. The molecule has 1 aromatic heterocycles. The smallest absolute Gasteiger partial charge is 0.0636 e. The minimum atomic E-state index is -0.432. The molecule has 20 heavy (non-hydrogen) atoms. The van der Waals surface area contributed by atoms with E-state index in [9.17, 15) is 5.11 Å². The molecule has 3 N–H and O–H groups in total. The summed E-state index contributed by atoms with van der Waals surface area (Å²) in [5, 5.41) is 10.3. The molecule has 0 amide bonds. The van der Waals surface area contributed by atoms with E-state index in [2.05, 4.69) is 17.1 Å². The molecular weight excluding hydrogens is 248 g/mol. The van der Waals surface area contributed by atoms with Crippen LogP contribution in [0.4, 0.5) is 0 Å². The number of aromatic nitrogens is 1. The molecule has 0 aliphatic carbocycles. The van der Waals surface area contributed by atoms with E-state index in [1.807, 2.05) is 36.4 Å². The Labute approximate surface area is 120 Å². The van der Waals surface area contributed by atoms with Crippen LogP contribution in [0.1, 0.15) is 30.0 Å². The molecule has 0 spiro atoms. The van der Waals surface area contributed by atoms with E-state index in [0.29, 0.717) is 6.54 Å². The molecule has 0 aliphatic rings. The second kappa shape index (κ2) is 7.78. The second-order valence-electron chi connectivity index (χ2n) is 5.04. The van der Waals surface area contributed by atoms with Gasteiger partial charge in [0.25, 0.3) is 0 Å². The van der Waals surface area contributed by atoms with Crippen molar-refractivity contribution < 1.29 is 5.11 Å². The van der Waals surface area contributed by atoms with E-state index in [4.69, 9.17) is 5.73 Å². The number of hydrogen-bond donors (Lipinski definition) is 2. The van der Waals surface area contributed by atoms with Crippen LogP contribution >= 0.6 is 0 Å². The first-order valence-corrected chi connectivity index (χ1v) is 7.14. The molecule has 106 valence electrons. The zero-order valence-electron chi connectivity index (χ0n) is 11.7. The average Bonchev–Trinajstić information content (AvgIpc) is 2.50. The SMILES string of the molecule is NCC(c1ccccn1)C(O)CCCc1ccccc1. The first-order valence-electron chi connectivity index (χ1n) is 7.14. The average molecular weight is 270 g/mol. The molecule has 0 aliphatic heterocycles. The lowest BCUT2D eigenvalue weighted by atomic mass is 9.93. The minimum Gasteiger partial charge on any atom is -0.392 e. The third kappa shape index (κ3) is 4.15. The van der Waals surface area contributed by atoms with Crippen molar-refractivity contribution in [1.82, 2.24) is 4.98 Å². The van der Waals surface area contributed by atoms with Crippen molar-refractivity contribution in [1.29, 1.82) is 0 Å². The number of nitrogens with zero attached hydrogens (tertiary/aromatic N) is 1. The maximum absolute atomic E-state index is 10.3. The van der Waals surface area contributed by atoms with Crippen LogP contribution in [-0.4, -0.2) is 22.7 Å². The number of rotatable bonds is 7. The number of pyridine rings is 1. The van der Waals surface area contributed by atoms with Crippen LogP contribution in [-0.2, 0) is 6.42 Å². The van der Waals surface area contributed by atoms with Crippen LogP contribution in [0.2, 0.25) is 0 Å². The molecule has 2 atom stereocenters. The second-order valence-corrected chi connectivity index (χ2v) is 5.04.